The van der Waals surface area contributed by atoms with E-state index in [0.29, 0.717) is 24.4 Å². The van der Waals surface area contributed by atoms with Gasteiger partial charge in [-0.05, 0) is 51.0 Å². The Balaban J connectivity index is 1.39. The van der Waals surface area contributed by atoms with Crippen molar-refractivity contribution in [2.24, 2.45) is 7.05 Å². The van der Waals surface area contributed by atoms with E-state index in [2.05, 4.69) is 25.3 Å². The van der Waals surface area contributed by atoms with Gasteiger partial charge in [0, 0.05) is 48.7 Å². The van der Waals surface area contributed by atoms with Crippen molar-refractivity contribution in [1.29, 1.82) is 0 Å². The maximum Gasteiger partial charge on any atom is 0.230 e. The minimum absolute atomic E-state index is 0.0930. The number of benzene rings is 1. The molecule has 0 spiro atoms. The number of rotatable bonds is 5. The van der Waals surface area contributed by atoms with Crippen LogP contribution in [0.5, 0.6) is 0 Å². The van der Waals surface area contributed by atoms with Gasteiger partial charge in [-0.25, -0.2) is 4.98 Å². The number of pyridine rings is 1. The standard InChI is InChI=1S/C25H28N6O3/c1-15-10-17(4-7-26-15)25-27-18(14-34-25)11-24(33)28-22-12-20-16(2)30(3)29-21(20)13-23(22)31-8-5-19(32)6-9-31/h4,7,10,12-14,19,32H,5-6,8-9,11H2,1-3H3,(H,28,33). The third-order valence-corrected chi connectivity index (χ3v) is 6.36. The van der Waals surface area contributed by atoms with Gasteiger partial charge in [-0.2, -0.15) is 5.10 Å². The highest BCUT2D eigenvalue weighted by atomic mass is 16.3. The van der Waals surface area contributed by atoms with E-state index in [1.807, 2.05) is 49.8 Å². The molecule has 2 N–H and O–H groups in total. The number of aromatic nitrogens is 4. The van der Waals surface area contributed by atoms with E-state index in [0.717, 1.165) is 52.3 Å². The summed E-state index contributed by atoms with van der Waals surface area (Å²) in [6.07, 6.45) is 4.44. The van der Waals surface area contributed by atoms with Crippen LogP contribution in [0.25, 0.3) is 22.4 Å². The van der Waals surface area contributed by atoms with Gasteiger partial charge in [-0.1, -0.05) is 0 Å². The lowest BCUT2D eigenvalue weighted by molar-refractivity contribution is -0.115. The molecule has 9 nitrogen and oxygen atoms in total. The molecule has 0 bridgehead atoms. The summed E-state index contributed by atoms with van der Waals surface area (Å²) in [6.45, 7) is 5.36. The summed E-state index contributed by atoms with van der Waals surface area (Å²) in [4.78, 5) is 23.9. The number of oxazole rings is 1. The van der Waals surface area contributed by atoms with Crippen molar-refractivity contribution >= 4 is 28.2 Å². The fraction of sp³-hybridized carbons (Fsp3) is 0.360. The number of hydrogen-bond donors (Lipinski definition) is 2. The molecule has 4 aromatic rings. The Bertz CT molecular complexity index is 1350. The normalized spacial score (nSPS) is 14.6. The van der Waals surface area contributed by atoms with Gasteiger partial charge in [-0.15, -0.1) is 0 Å². The molecule has 176 valence electrons. The fourth-order valence-electron chi connectivity index (χ4n) is 4.39. The third kappa shape index (κ3) is 4.38. The predicted molar refractivity (Wildman–Crippen MR) is 130 cm³/mol. The Kier molecular flexibility index (Phi) is 5.79. The van der Waals surface area contributed by atoms with E-state index in [4.69, 9.17) is 4.42 Å². The summed E-state index contributed by atoms with van der Waals surface area (Å²) in [6, 6.07) is 7.73. The Hall–Kier alpha value is -3.72. The van der Waals surface area contributed by atoms with E-state index in [1.165, 1.54) is 6.26 Å². The Morgan fingerprint density at radius 3 is 2.79 bits per heavy atom. The lowest BCUT2D eigenvalue weighted by atomic mass is 10.1. The van der Waals surface area contributed by atoms with Crippen LogP contribution in [0.4, 0.5) is 11.4 Å². The van der Waals surface area contributed by atoms with Crippen molar-refractivity contribution < 1.29 is 14.3 Å². The number of nitrogens with zero attached hydrogens (tertiary/aromatic N) is 5. The number of carbonyl (C=O) groups is 1. The second kappa shape index (κ2) is 8.90. The van der Waals surface area contributed by atoms with E-state index < -0.39 is 0 Å². The number of fused-ring (bicyclic) bond motifs is 1. The van der Waals surface area contributed by atoms with Gasteiger partial charge in [0.05, 0.1) is 35.1 Å². The highest BCUT2D eigenvalue weighted by molar-refractivity contribution is 6.00. The van der Waals surface area contributed by atoms with Gasteiger partial charge in [-0.3, -0.25) is 14.5 Å². The van der Waals surface area contributed by atoms with Gasteiger partial charge >= 0.3 is 0 Å². The summed E-state index contributed by atoms with van der Waals surface area (Å²) < 4.78 is 7.45. The van der Waals surface area contributed by atoms with Crippen molar-refractivity contribution in [2.45, 2.75) is 39.2 Å². The summed E-state index contributed by atoms with van der Waals surface area (Å²) in [7, 11) is 1.91. The van der Waals surface area contributed by atoms with Crippen LogP contribution in [0.15, 0.2) is 41.1 Å². The molecular weight excluding hydrogens is 432 g/mol. The zero-order valence-electron chi connectivity index (χ0n) is 19.6. The maximum absolute atomic E-state index is 13.0. The molecule has 1 saturated heterocycles. The van der Waals surface area contributed by atoms with Crippen molar-refractivity contribution in [3.05, 3.63) is 53.8 Å². The second-order valence-corrected chi connectivity index (χ2v) is 8.87. The second-order valence-electron chi connectivity index (χ2n) is 8.87. The first kappa shape index (κ1) is 22.1. The molecule has 1 aliphatic heterocycles. The van der Waals surface area contributed by atoms with Crippen LogP contribution in [-0.2, 0) is 18.3 Å². The quantitative estimate of drug-likeness (QED) is 0.470. The van der Waals surface area contributed by atoms with E-state index >= 15 is 0 Å². The SMILES string of the molecule is Cc1cc(-c2nc(CC(=O)Nc3cc4c(C)n(C)nc4cc3N3CCC(O)CC3)co2)ccn1. The summed E-state index contributed by atoms with van der Waals surface area (Å²) in [5.41, 5.74) is 5.81. The molecule has 0 atom stereocenters. The van der Waals surface area contributed by atoms with Crippen LogP contribution in [0.2, 0.25) is 0 Å². The molecule has 9 heteroatoms. The van der Waals surface area contributed by atoms with Crippen molar-refractivity contribution in [3.63, 3.8) is 0 Å². The fourth-order valence-corrected chi connectivity index (χ4v) is 4.39. The number of piperidine rings is 1. The third-order valence-electron chi connectivity index (χ3n) is 6.36. The highest BCUT2D eigenvalue weighted by Crippen LogP contribution is 2.34. The molecular formula is C25H28N6O3. The lowest BCUT2D eigenvalue weighted by Crippen LogP contribution is -2.36. The monoisotopic (exact) mass is 460 g/mol. The topological polar surface area (TPSA) is 109 Å². The smallest absolute Gasteiger partial charge is 0.230 e. The van der Waals surface area contributed by atoms with Crippen LogP contribution < -0.4 is 10.2 Å². The molecule has 0 saturated carbocycles. The number of aryl methyl sites for hydroxylation is 3. The number of carbonyl (C=O) groups excluding carboxylic acids is 1. The molecule has 1 fully saturated rings. The molecule has 3 aromatic heterocycles. The lowest BCUT2D eigenvalue weighted by Gasteiger charge is -2.32. The summed E-state index contributed by atoms with van der Waals surface area (Å²) in [5.74, 6) is 0.290. The number of hydrogen-bond acceptors (Lipinski definition) is 7. The number of amides is 1. The minimum Gasteiger partial charge on any atom is -0.444 e. The largest absolute Gasteiger partial charge is 0.444 e. The average Bonchev–Trinajstić information content (AvgIpc) is 3.38. The predicted octanol–water partition coefficient (Wildman–Crippen LogP) is 3.38. The van der Waals surface area contributed by atoms with Crippen molar-refractivity contribution in [2.75, 3.05) is 23.3 Å². The highest BCUT2D eigenvalue weighted by Gasteiger charge is 2.22. The first-order valence-corrected chi connectivity index (χ1v) is 11.4. The Morgan fingerprint density at radius 1 is 1.24 bits per heavy atom. The van der Waals surface area contributed by atoms with Gasteiger partial charge in [0.15, 0.2) is 0 Å². The van der Waals surface area contributed by atoms with Gasteiger partial charge in [0.1, 0.15) is 6.26 Å². The molecule has 1 aliphatic rings. The van der Waals surface area contributed by atoms with E-state index in [9.17, 15) is 9.90 Å². The van der Waals surface area contributed by atoms with Gasteiger partial charge in [0.2, 0.25) is 11.8 Å². The van der Waals surface area contributed by atoms with Crippen LogP contribution in [0.1, 0.15) is 29.9 Å². The zero-order valence-corrected chi connectivity index (χ0v) is 19.6. The van der Waals surface area contributed by atoms with Crippen LogP contribution in [-0.4, -0.2) is 50.0 Å². The molecule has 5 rings (SSSR count). The minimum atomic E-state index is -0.277. The first-order valence-electron chi connectivity index (χ1n) is 11.4. The molecule has 1 amide bonds. The average molecular weight is 461 g/mol. The maximum atomic E-state index is 13.0. The Morgan fingerprint density at radius 2 is 2.03 bits per heavy atom. The van der Waals surface area contributed by atoms with Crippen LogP contribution >= 0.6 is 0 Å². The van der Waals surface area contributed by atoms with Gasteiger partial charge < -0.3 is 19.7 Å². The van der Waals surface area contributed by atoms with Crippen molar-refractivity contribution in [3.8, 4) is 11.5 Å². The van der Waals surface area contributed by atoms with Crippen LogP contribution in [0, 0.1) is 13.8 Å². The molecule has 34 heavy (non-hydrogen) atoms. The van der Waals surface area contributed by atoms with Crippen molar-refractivity contribution in [1.82, 2.24) is 19.7 Å². The molecule has 0 radical (unpaired) electrons. The number of aliphatic hydroxyl groups excluding tert-OH is 1. The summed E-state index contributed by atoms with van der Waals surface area (Å²) in [5, 5.41) is 18.6. The molecule has 4 heterocycles. The molecule has 1 aromatic carbocycles. The van der Waals surface area contributed by atoms with Gasteiger partial charge in [0.25, 0.3) is 0 Å². The number of aliphatic hydroxyl groups is 1. The van der Waals surface area contributed by atoms with E-state index in [-0.39, 0.29) is 18.4 Å². The number of anilines is 2. The molecule has 0 aliphatic carbocycles. The molecule has 0 unspecified atom stereocenters. The number of nitrogens with one attached hydrogen (secondary N) is 1. The van der Waals surface area contributed by atoms with Crippen LogP contribution in [0.3, 0.4) is 0 Å². The summed E-state index contributed by atoms with van der Waals surface area (Å²) >= 11 is 0. The first-order chi connectivity index (χ1) is 16.4. The van der Waals surface area contributed by atoms with E-state index in [1.54, 1.807) is 6.20 Å². The Labute approximate surface area is 197 Å². The zero-order chi connectivity index (χ0) is 23.8.